The summed E-state index contributed by atoms with van der Waals surface area (Å²) in [5.41, 5.74) is 0.881. The fourth-order valence-electron chi connectivity index (χ4n) is 1.52. The van der Waals surface area contributed by atoms with Crippen LogP contribution in [0.15, 0.2) is 12.1 Å². The van der Waals surface area contributed by atoms with Gasteiger partial charge in [0.2, 0.25) is 6.79 Å². The van der Waals surface area contributed by atoms with E-state index in [2.05, 4.69) is 0 Å². The van der Waals surface area contributed by atoms with Crippen LogP contribution in [-0.4, -0.2) is 23.6 Å². The summed E-state index contributed by atoms with van der Waals surface area (Å²) in [5, 5.41) is 18.1. The maximum Gasteiger partial charge on any atom is 0.231 e. The van der Waals surface area contributed by atoms with Crippen molar-refractivity contribution in [1.29, 1.82) is 0 Å². The van der Waals surface area contributed by atoms with Crippen LogP contribution in [0.1, 0.15) is 12.0 Å². The Bertz CT molecular complexity index is 335. The lowest BCUT2D eigenvalue weighted by Gasteiger charge is -2.05. The molecular weight excluding hydrogens is 184 g/mol. The van der Waals surface area contributed by atoms with Crippen molar-refractivity contribution in [3.05, 3.63) is 17.7 Å². The molecule has 0 radical (unpaired) electrons. The predicted molar refractivity (Wildman–Crippen MR) is 49.6 cm³/mol. The Kier molecular flexibility index (Phi) is 2.45. The minimum absolute atomic E-state index is 0.130. The molecule has 14 heavy (non-hydrogen) atoms. The fraction of sp³-hybridized carbons (Fsp3) is 0.400. The summed E-state index contributed by atoms with van der Waals surface area (Å²) in [6.07, 6.45) is 1.33. The quantitative estimate of drug-likeness (QED) is 0.758. The van der Waals surface area contributed by atoms with Crippen molar-refractivity contribution in [3.8, 4) is 17.2 Å². The summed E-state index contributed by atoms with van der Waals surface area (Å²) in [5.74, 6) is 1.44. The lowest BCUT2D eigenvalue weighted by molar-refractivity contribution is 0.173. The van der Waals surface area contributed by atoms with Crippen LogP contribution in [0.25, 0.3) is 0 Å². The van der Waals surface area contributed by atoms with Gasteiger partial charge < -0.3 is 19.7 Å². The molecule has 1 aliphatic rings. The molecule has 0 fully saturated rings. The first-order chi connectivity index (χ1) is 6.81. The number of hydrogen-bond acceptors (Lipinski definition) is 4. The van der Waals surface area contributed by atoms with Gasteiger partial charge in [-0.05, 0) is 18.9 Å². The van der Waals surface area contributed by atoms with Gasteiger partial charge in [-0.25, -0.2) is 0 Å². The van der Waals surface area contributed by atoms with Crippen LogP contribution in [0.3, 0.4) is 0 Å². The first-order valence-electron chi connectivity index (χ1n) is 4.53. The van der Waals surface area contributed by atoms with Gasteiger partial charge in [0.15, 0.2) is 11.5 Å². The van der Waals surface area contributed by atoms with E-state index in [1.165, 1.54) is 6.07 Å². The zero-order valence-electron chi connectivity index (χ0n) is 7.69. The van der Waals surface area contributed by atoms with Crippen LogP contribution in [0.4, 0.5) is 0 Å². The Balaban J connectivity index is 2.29. The molecule has 0 unspecified atom stereocenters. The number of aliphatic hydroxyl groups is 1. The third-order valence-electron chi connectivity index (χ3n) is 2.14. The molecule has 0 bridgehead atoms. The molecule has 2 N–H and O–H groups in total. The Morgan fingerprint density at radius 1 is 1.29 bits per heavy atom. The van der Waals surface area contributed by atoms with Crippen LogP contribution < -0.4 is 9.47 Å². The molecule has 76 valence electrons. The second-order valence-electron chi connectivity index (χ2n) is 3.17. The van der Waals surface area contributed by atoms with Gasteiger partial charge in [0, 0.05) is 18.2 Å². The van der Waals surface area contributed by atoms with E-state index in [1.54, 1.807) is 6.07 Å². The monoisotopic (exact) mass is 196 g/mol. The van der Waals surface area contributed by atoms with Crippen molar-refractivity contribution in [1.82, 2.24) is 0 Å². The molecule has 0 aromatic heterocycles. The van der Waals surface area contributed by atoms with Gasteiger partial charge >= 0.3 is 0 Å². The highest BCUT2D eigenvalue weighted by atomic mass is 16.7. The molecule has 1 aliphatic heterocycles. The second kappa shape index (κ2) is 3.75. The van der Waals surface area contributed by atoms with Crippen LogP contribution >= 0.6 is 0 Å². The number of fused-ring (bicyclic) bond motifs is 1. The van der Waals surface area contributed by atoms with Gasteiger partial charge in [-0.1, -0.05) is 0 Å². The van der Waals surface area contributed by atoms with E-state index in [1.807, 2.05) is 0 Å². The van der Waals surface area contributed by atoms with Crippen LogP contribution in [-0.2, 0) is 6.42 Å². The number of phenolic OH excluding ortho intramolecular Hbond substituents is 1. The molecular formula is C10H12O4. The smallest absolute Gasteiger partial charge is 0.231 e. The minimum Gasteiger partial charge on any atom is -0.508 e. The van der Waals surface area contributed by atoms with Gasteiger partial charge in [-0.2, -0.15) is 0 Å². The highest BCUT2D eigenvalue weighted by molar-refractivity contribution is 5.52. The van der Waals surface area contributed by atoms with Crippen molar-refractivity contribution in [2.75, 3.05) is 13.4 Å². The number of rotatable bonds is 3. The van der Waals surface area contributed by atoms with Gasteiger partial charge in [-0.3, -0.25) is 0 Å². The fourth-order valence-corrected chi connectivity index (χ4v) is 1.52. The Morgan fingerprint density at radius 2 is 2.14 bits per heavy atom. The van der Waals surface area contributed by atoms with Crippen molar-refractivity contribution < 1.29 is 19.7 Å². The van der Waals surface area contributed by atoms with E-state index in [0.717, 1.165) is 5.56 Å². The Hall–Kier alpha value is -1.42. The zero-order valence-corrected chi connectivity index (χ0v) is 7.69. The summed E-state index contributed by atoms with van der Waals surface area (Å²) in [7, 11) is 0. The van der Waals surface area contributed by atoms with Crippen LogP contribution in [0, 0.1) is 0 Å². The molecule has 2 rings (SSSR count). The molecule has 0 amide bonds. The number of aliphatic hydroxyl groups excluding tert-OH is 1. The van der Waals surface area contributed by atoms with Gasteiger partial charge in [0.1, 0.15) is 5.75 Å². The molecule has 1 heterocycles. The maximum absolute atomic E-state index is 9.38. The number of benzene rings is 1. The Morgan fingerprint density at radius 3 is 2.93 bits per heavy atom. The van der Waals surface area contributed by atoms with Gasteiger partial charge in [0.25, 0.3) is 0 Å². The summed E-state index contributed by atoms with van der Waals surface area (Å²) in [6, 6.07) is 3.17. The third-order valence-corrected chi connectivity index (χ3v) is 2.14. The van der Waals surface area contributed by atoms with E-state index < -0.39 is 0 Å². The molecule has 0 atom stereocenters. The molecule has 1 aromatic carbocycles. The summed E-state index contributed by atoms with van der Waals surface area (Å²) < 4.78 is 10.4. The number of aromatic hydroxyl groups is 1. The van der Waals surface area contributed by atoms with Crippen molar-refractivity contribution in [2.24, 2.45) is 0 Å². The first-order valence-corrected chi connectivity index (χ1v) is 4.53. The normalized spacial score (nSPS) is 13.2. The van der Waals surface area contributed by atoms with E-state index in [0.29, 0.717) is 24.3 Å². The Labute approximate surface area is 81.7 Å². The van der Waals surface area contributed by atoms with Crippen molar-refractivity contribution in [3.63, 3.8) is 0 Å². The summed E-state index contributed by atoms with van der Waals surface area (Å²) in [6.45, 7) is 0.330. The molecule has 0 saturated carbocycles. The number of ether oxygens (including phenoxy) is 2. The SMILES string of the molecule is OCCCc1cc(O)cc2c1OCO2. The van der Waals surface area contributed by atoms with Crippen molar-refractivity contribution >= 4 is 0 Å². The lowest BCUT2D eigenvalue weighted by atomic mass is 10.1. The number of hydrogen-bond donors (Lipinski definition) is 2. The average Bonchev–Trinajstić information content (AvgIpc) is 2.61. The third kappa shape index (κ3) is 1.61. The molecule has 0 aliphatic carbocycles. The standard InChI is InChI=1S/C10H12O4/c11-3-1-2-7-4-8(12)5-9-10(7)14-6-13-9/h4-5,11-12H,1-3,6H2. The summed E-state index contributed by atoms with van der Waals surface area (Å²) >= 11 is 0. The van der Waals surface area contributed by atoms with E-state index >= 15 is 0 Å². The number of phenols is 1. The molecule has 0 saturated heterocycles. The minimum atomic E-state index is 0.130. The van der Waals surface area contributed by atoms with Crippen molar-refractivity contribution in [2.45, 2.75) is 12.8 Å². The molecule has 0 spiro atoms. The predicted octanol–water partition coefficient (Wildman–Crippen LogP) is 1.05. The molecule has 4 nitrogen and oxygen atoms in total. The van der Waals surface area contributed by atoms with E-state index in [-0.39, 0.29) is 19.1 Å². The van der Waals surface area contributed by atoms with Crippen LogP contribution in [0.5, 0.6) is 17.2 Å². The van der Waals surface area contributed by atoms with Crippen LogP contribution in [0.2, 0.25) is 0 Å². The van der Waals surface area contributed by atoms with Gasteiger partial charge in [-0.15, -0.1) is 0 Å². The lowest BCUT2D eigenvalue weighted by Crippen LogP contribution is -1.95. The van der Waals surface area contributed by atoms with E-state index in [4.69, 9.17) is 14.6 Å². The highest BCUT2D eigenvalue weighted by Gasteiger charge is 2.18. The first kappa shape index (κ1) is 9.15. The highest BCUT2D eigenvalue weighted by Crippen LogP contribution is 2.39. The average molecular weight is 196 g/mol. The zero-order chi connectivity index (χ0) is 9.97. The topological polar surface area (TPSA) is 58.9 Å². The second-order valence-corrected chi connectivity index (χ2v) is 3.17. The molecule has 4 heteroatoms. The number of aryl methyl sites for hydroxylation is 1. The van der Waals surface area contributed by atoms with Gasteiger partial charge in [0.05, 0.1) is 0 Å². The maximum atomic E-state index is 9.38. The molecule has 1 aromatic rings. The van der Waals surface area contributed by atoms with E-state index in [9.17, 15) is 5.11 Å². The summed E-state index contributed by atoms with van der Waals surface area (Å²) in [4.78, 5) is 0. The largest absolute Gasteiger partial charge is 0.508 e.